The summed E-state index contributed by atoms with van der Waals surface area (Å²) in [7, 11) is 0. The number of hydrogen-bond donors (Lipinski definition) is 3. The van der Waals surface area contributed by atoms with Gasteiger partial charge in [0.15, 0.2) is 0 Å². The molecule has 1 aliphatic heterocycles. The average Bonchev–Trinajstić information content (AvgIpc) is 2.71. The average molecular weight is 296 g/mol. The molecule has 0 bridgehead atoms. The van der Waals surface area contributed by atoms with Crippen molar-refractivity contribution in [2.24, 2.45) is 0 Å². The molecule has 1 unspecified atom stereocenters. The molecule has 0 radical (unpaired) electrons. The molecule has 2 rings (SSSR count). The molecule has 0 spiro atoms. The molecule has 1 amide bonds. The molecule has 1 saturated heterocycles. The van der Waals surface area contributed by atoms with Gasteiger partial charge < -0.3 is 16.0 Å². The highest BCUT2D eigenvalue weighted by molar-refractivity contribution is 6.33. The van der Waals surface area contributed by atoms with Crippen LogP contribution >= 0.6 is 11.6 Å². The number of benzene rings is 1. The molecule has 5 heteroatoms. The SMILES string of the molecule is CCC(=O)Nc1ccc(Cl)c(NC2CCCNCC2)c1. The van der Waals surface area contributed by atoms with E-state index in [1.54, 1.807) is 0 Å². The van der Waals surface area contributed by atoms with Crippen LogP contribution in [0.2, 0.25) is 5.02 Å². The van der Waals surface area contributed by atoms with Crippen LogP contribution in [0.1, 0.15) is 32.6 Å². The fourth-order valence-corrected chi connectivity index (χ4v) is 2.52. The quantitative estimate of drug-likeness (QED) is 0.799. The Kier molecular flexibility index (Phi) is 5.68. The highest BCUT2D eigenvalue weighted by Gasteiger charge is 2.13. The van der Waals surface area contributed by atoms with Gasteiger partial charge in [0.2, 0.25) is 5.91 Å². The van der Waals surface area contributed by atoms with Gasteiger partial charge >= 0.3 is 0 Å². The van der Waals surface area contributed by atoms with Gasteiger partial charge in [-0.3, -0.25) is 4.79 Å². The van der Waals surface area contributed by atoms with E-state index in [9.17, 15) is 4.79 Å². The van der Waals surface area contributed by atoms with Crippen molar-refractivity contribution in [3.8, 4) is 0 Å². The minimum Gasteiger partial charge on any atom is -0.381 e. The second kappa shape index (κ2) is 7.50. The lowest BCUT2D eigenvalue weighted by Crippen LogP contribution is -2.21. The first-order chi connectivity index (χ1) is 9.69. The molecular weight excluding hydrogens is 274 g/mol. The number of carbonyl (C=O) groups excluding carboxylic acids is 1. The third kappa shape index (κ3) is 4.39. The van der Waals surface area contributed by atoms with Crippen molar-refractivity contribution >= 4 is 28.9 Å². The van der Waals surface area contributed by atoms with Crippen molar-refractivity contribution in [2.75, 3.05) is 23.7 Å². The summed E-state index contributed by atoms with van der Waals surface area (Å²) in [5, 5.41) is 10.4. The predicted molar refractivity (Wildman–Crippen MR) is 84.5 cm³/mol. The van der Waals surface area contributed by atoms with Gasteiger partial charge in [0.1, 0.15) is 0 Å². The molecule has 20 heavy (non-hydrogen) atoms. The number of nitrogens with one attached hydrogen (secondary N) is 3. The molecule has 3 N–H and O–H groups in total. The summed E-state index contributed by atoms with van der Waals surface area (Å²) in [6.45, 7) is 3.95. The van der Waals surface area contributed by atoms with E-state index in [2.05, 4.69) is 16.0 Å². The highest BCUT2D eigenvalue weighted by Crippen LogP contribution is 2.27. The molecule has 1 fully saturated rings. The summed E-state index contributed by atoms with van der Waals surface area (Å²) in [6, 6.07) is 5.99. The van der Waals surface area contributed by atoms with E-state index in [4.69, 9.17) is 11.6 Å². The maximum absolute atomic E-state index is 11.4. The zero-order valence-corrected chi connectivity index (χ0v) is 12.6. The van der Waals surface area contributed by atoms with Crippen LogP contribution in [0, 0.1) is 0 Å². The van der Waals surface area contributed by atoms with Crippen LogP contribution in [-0.2, 0) is 4.79 Å². The van der Waals surface area contributed by atoms with Crippen LogP contribution in [0.5, 0.6) is 0 Å². The zero-order valence-electron chi connectivity index (χ0n) is 11.8. The Morgan fingerprint density at radius 3 is 3.05 bits per heavy atom. The number of halogens is 1. The Labute approximate surface area is 125 Å². The molecule has 0 aliphatic carbocycles. The molecule has 0 saturated carbocycles. The Bertz CT molecular complexity index is 456. The monoisotopic (exact) mass is 295 g/mol. The fourth-order valence-electron chi connectivity index (χ4n) is 2.35. The number of rotatable bonds is 4. The van der Waals surface area contributed by atoms with E-state index in [0.717, 1.165) is 37.3 Å². The number of carbonyl (C=O) groups is 1. The zero-order chi connectivity index (χ0) is 14.4. The second-order valence-corrected chi connectivity index (χ2v) is 5.53. The van der Waals surface area contributed by atoms with Crippen molar-refractivity contribution in [1.29, 1.82) is 0 Å². The first-order valence-electron chi connectivity index (χ1n) is 7.25. The molecule has 1 aromatic carbocycles. The molecule has 0 aromatic heterocycles. The lowest BCUT2D eigenvalue weighted by atomic mass is 10.1. The lowest BCUT2D eigenvalue weighted by molar-refractivity contribution is -0.115. The lowest BCUT2D eigenvalue weighted by Gasteiger charge is -2.19. The summed E-state index contributed by atoms with van der Waals surface area (Å²) >= 11 is 6.24. The van der Waals surface area contributed by atoms with E-state index in [1.807, 2.05) is 25.1 Å². The molecule has 1 heterocycles. The van der Waals surface area contributed by atoms with Crippen LogP contribution < -0.4 is 16.0 Å². The van der Waals surface area contributed by atoms with Gasteiger partial charge in [-0.25, -0.2) is 0 Å². The number of hydrogen-bond acceptors (Lipinski definition) is 3. The van der Waals surface area contributed by atoms with Crippen LogP contribution in [0.15, 0.2) is 18.2 Å². The minimum atomic E-state index is 0.0111. The predicted octanol–water partition coefficient (Wildman–Crippen LogP) is 3.24. The first-order valence-corrected chi connectivity index (χ1v) is 7.63. The molecule has 4 nitrogen and oxygen atoms in total. The Morgan fingerprint density at radius 1 is 1.40 bits per heavy atom. The maximum atomic E-state index is 11.4. The van der Waals surface area contributed by atoms with Crippen molar-refractivity contribution < 1.29 is 4.79 Å². The minimum absolute atomic E-state index is 0.0111. The fraction of sp³-hybridized carbons (Fsp3) is 0.533. The summed E-state index contributed by atoms with van der Waals surface area (Å²) in [5.74, 6) is 0.0111. The third-order valence-electron chi connectivity index (χ3n) is 3.51. The smallest absolute Gasteiger partial charge is 0.224 e. The van der Waals surface area contributed by atoms with Gasteiger partial charge in [-0.15, -0.1) is 0 Å². The van der Waals surface area contributed by atoms with Gasteiger partial charge in [0.05, 0.1) is 10.7 Å². The van der Waals surface area contributed by atoms with E-state index in [1.165, 1.54) is 6.42 Å². The van der Waals surface area contributed by atoms with Crippen LogP contribution in [0.4, 0.5) is 11.4 Å². The first kappa shape index (κ1) is 15.1. The standard InChI is InChI=1S/C15H22ClN3O/c1-2-15(20)19-12-5-6-13(16)14(10-12)18-11-4-3-8-17-9-7-11/h5-6,10-11,17-18H,2-4,7-9H2,1H3,(H,19,20). The number of anilines is 2. The van der Waals surface area contributed by atoms with Crippen molar-refractivity contribution in [2.45, 2.75) is 38.6 Å². The molecular formula is C15H22ClN3O. The van der Waals surface area contributed by atoms with Gasteiger partial charge in [0.25, 0.3) is 0 Å². The van der Waals surface area contributed by atoms with Crippen molar-refractivity contribution in [3.63, 3.8) is 0 Å². The normalized spacial score (nSPS) is 19.2. The molecule has 1 atom stereocenters. The van der Waals surface area contributed by atoms with E-state index < -0.39 is 0 Å². The maximum Gasteiger partial charge on any atom is 0.224 e. The largest absolute Gasteiger partial charge is 0.381 e. The van der Waals surface area contributed by atoms with E-state index >= 15 is 0 Å². The Morgan fingerprint density at radius 2 is 2.25 bits per heavy atom. The van der Waals surface area contributed by atoms with Crippen molar-refractivity contribution in [1.82, 2.24) is 5.32 Å². The van der Waals surface area contributed by atoms with Crippen LogP contribution in [0.25, 0.3) is 0 Å². The van der Waals surface area contributed by atoms with E-state index in [0.29, 0.717) is 17.5 Å². The Hall–Kier alpha value is -1.26. The summed E-state index contributed by atoms with van der Waals surface area (Å²) in [4.78, 5) is 11.4. The van der Waals surface area contributed by atoms with Crippen molar-refractivity contribution in [3.05, 3.63) is 23.2 Å². The van der Waals surface area contributed by atoms with Gasteiger partial charge in [-0.1, -0.05) is 18.5 Å². The van der Waals surface area contributed by atoms with Gasteiger partial charge in [-0.2, -0.15) is 0 Å². The van der Waals surface area contributed by atoms with Gasteiger partial charge in [-0.05, 0) is 50.6 Å². The number of amides is 1. The molecule has 1 aliphatic rings. The molecule has 1 aromatic rings. The van der Waals surface area contributed by atoms with Crippen LogP contribution in [-0.4, -0.2) is 25.0 Å². The summed E-state index contributed by atoms with van der Waals surface area (Å²) < 4.78 is 0. The Balaban J connectivity index is 2.05. The van der Waals surface area contributed by atoms with Gasteiger partial charge in [0, 0.05) is 18.2 Å². The van der Waals surface area contributed by atoms with E-state index in [-0.39, 0.29) is 5.91 Å². The summed E-state index contributed by atoms with van der Waals surface area (Å²) in [6.07, 6.45) is 3.86. The second-order valence-electron chi connectivity index (χ2n) is 5.12. The topological polar surface area (TPSA) is 53.2 Å². The van der Waals surface area contributed by atoms with Crippen LogP contribution in [0.3, 0.4) is 0 Å². The highest BCUT2D eigenvalue weighted by atomic mass is 35.5. The summed E-state index contributed by atoms with van der Waals surface area (Å²) in [5.41, 5.74) is 1.68. The molecule has 110 valence electrons. The third-order valence-corrected chi connectivity index (χ3v) is 3.84.